The normalized spacial score (nSPS) is 10.3. The second kappa shape index (κ2) is 8.37. The van der Waals surface area contributed by atoms with Crippen LogP contribution in [0.5, 0.6) is 11.5 Å². The Kier molecular flexibility index (Phi) is 6.79. The largest absolute Gasteiger partial charge is 0.490 e. The third-order valence-corrected chi connectivity index (χ3v) is 2.70. The lowest BCUT2D eigenvalue weighted by Crippen LogP contribution is -2.12. The molecule has 0 atom stereocenters. The van der Waals surface area contributed by atoms with Crippen LogP contribution in [0.4, 0.5) is 0 Å². The standard InChI is InChI=1S/C14H17BrN2O3/c1-4-6-20-14-12(15)7-11(8-13(14)19-5-2)9-16-17-10(3)18/h4,7-9H,1,5-6H2,2-3H3,(H,17,18)/b16-9-. The molecule has 0 fully saturated rings. The van der Waals surface area contributed by atoms with Gasteiger partial charge in [0.2, 0.25) is 5.91 Å². The number of carbonyl (C=O) groups excluding carboxylic acids is 1. The Labute approximate surface area is 126 Å². The van der Waals surface area contributed by atoms with Gasteiger partial charge in [-0.05, 0) is 40.5 Å². The summed E-state index contributed by atoms with van der Waals surface area (Å²) >= 11 is 3.43. The van der Waals surface area contributed by atoms with E-state index in [1.165, 1.54) is 13.1 Å². The number of hydrogen-bond acceptors (Lipinski definition) is 4. The minimum atomic E-state index is -0.226. The monoisotopic (exact) mass is 340 g/mol. The molecule has 1 N–H and O–H groups in total. The summed E-state index contributed by atoms with van der Waals surface area (Å²) in [7, 11) is 0. The number of carbonyl (C=O) groups is 1. The second-order valence-electron chi connectivity index (χ2n) is 3.79. The molecule has 0 saturated heterocycles. The molecule has 0 aliphatic rings. The van der Waals surface area contributed by atoms with Crippen molar-refractivity contribution >= 4 is 28.1 Å². The Morgan fingerprint density at radius 2 is 2.25 bits per heavy atom. The van der Waals surface area contributed by atoms with Crippen LogP contribution in [-0.2, 0) is 4.79 Å². The van der Waals surface area contributed by atoms with E-state index in [-0.39, 0.29) is 5.91 Å². The molecule has 0 unspecified atom stereocenters. The topological polar surface area (TPSA) is 59.9 Å². The molecular weight excluding hydrogens is 324 g/mol. The van der Waals surface area contributed by atoms with Crippen LogP contribution in [0.15, 0.2) is 34.4 Å². The predicted octanol–water partition coefficient (Wildman–Crippen LogP) is 2.88. The number of ether oxygens (including phenoxy) is 2. The van der Waals surface area contributed by atoms with Crippen LogP contribution >= 0.6 is 15.9 Å². The minimum absolute atomic E-state index is 0.226. The molecule has 1 amide bonds. The Balaban J connectivity index is 3.02. The molecule has 108 valence electrons. The zero-order valence-electron chi connectivity index (χ0n) is 11.5. The molecule has 0 heterocycles. The predicted molar refractivity (Wildman–Crippen MR) is 82.4 cm³/mol. The van der Waals surface area contributed by atoms with Crippen LogP contribution in [0.3, 0.4) is 0 Å². The molecule has 0 aliphatic heterocycles. The number of benzene rings is 1. The van der Waals surface area contributed by atoms with E-state index in [0.717, 1.165) is 10.0 Å². The SMILES string of the molecule is C=CCOc1c(Br)cc(/C=N\NC(C)=O)cc1OCC. The molecule has 6 heteroatoms. The third-order valence-electron chi connectivity index (χ3n) is 2.11. The van der Waals surface area contributed by atoms with Crippen molar-refractivity contribution in [1.82, 2.24) is 5.43 Å². The zero-order chi connectivity index (χ0) is 15.0. The fraction of sp³-hybridized carbons (Fsp3) is 0.286. The highest BCUT2D eigenvalue weighted by atomic mass is 79.9. The smallest absolute Gasteiger partial charge is 0.236 e. The number of nitrogens with zero attached hydrogens (tertiary/aromatic N) is 1. The minimum Gasteiger partial charge on any atom is -0.490 e. The molecule has 1 aromatic carbocycles. The number of hydrogen-bond donors (Lipinski definition) is 1. The van der Waals surface area contributed by atoms with Gasteiger partial charge in [0.15, 0.2) is 11.5 Å². The molecule has 0 aromatic heterocycles. The first-order valence-corrected chi connectivity index (χ1v) is 6.87. The summed E-state index contributed by atoms with van der Waals surface area (Å²) in [5.41, 5.74) is 3.12. The molecule has 0 bridgehead atoms. The Hall–Kier alpha value is -1.82. The lowest BCUT2D eigenvalue weighted by Gasteiger charge is -2.13. The first-order valence-electron chi connectivity index (χ1n) is 6.08. The quantitative estimate of drug-likeness (QED) is 0.471. The summed E-state index contributed by atoms with van der Waals surface area (Å²) in [5.74, 6) is 0.993. The summed E-state index contributed by atoms with van der Waals surface area (Å²) in [4.78, 5) is 10.8. The van der Waals surface area contributed by atoms with Gasteiger partial charge in [0.05, 0.1) is 17.3 Å². The van der Waals surface area contributed by atoms with Crippen molar-refractivity contribution in [3.05, 3.63) is 34.8 Å². The van der Waals surface area contributed by atoms with E-state index >= 15 is 0 Å². The van der Waals surface area contributed by atoms with Crippen molar-refractivity contribution in [3.8, 4) is 11.5 Å². The van der Waals surface area contributed by atoms with Crippen molar-refractivity contribution in [2.75, 3.05) is 13.2 Å². The van der Waals surface area contributed by atoms with Gasteiger partial charge in [-0.25, -0.2) is 5.43 Å². The Morgan fingerprint density at radius 3 is 2.85 bits per heavy atom. The van der Waals surface area contributed by atoms with Gasteiger partial charge < -0.3 is 9.47 Å². The molecular formula is C14H17BrN2O3. The Bertz CT molecular complexity index is 515. The van der Waals surface area contributed by atoms with E-state index in [2.05, 4.69) is 33.0 Å². The first-order chi connectivity index (χ1) is 9.58. The van der Waals surface area contributed by atoms with Crippen molar-refractivity contribution in [2.45, 2.75) is 13.8 Å². The summed E-state index contributed by atoms with van der Waals surface area (Å²) in [5, 5.41) is 3.82. The maximum atomic E-state index is 10.8. The Morgan fingerprint density at radius 1 is 1.50 bits per heavy atom. The molecule has 0 radical (unpaired) electrons. The highest BCUT2D eigenvalue weighted by Crippen LogP contribution is 2.36. The molecule has 0 aliphatic carbocycles. The van der Waals surface area contributed by atoms with Crippen LogP contribution in [0.25, 0.3) is 0 Å². The number of rotatable bonds is 7. The van der Waals surface area contributed by atoms with Gasteiger partial charge in [-0.3, -0.25) is 4.79 Å². The van der Waals surface area contributed by atoms with Crippen molar-refractivity contribution in [3.63, 3.8) is 0 Å². The molecule has 5 nitrogen and oxygen atoms in total. The molecule has 0 saturated carbocycles. The average Bonchev–Trinajstić information content (AvgIpc) is 2.38. The van der Waals surface area contributed by atoms with E-state index in [1.54, 1.807) is 12.1 Å². The molecule has 20 heavy (non-hydrogen) atoms. The van der Waals surface area contributed by atoms with Gasteiger partial charge >= 0.3 is 0 Å². The van der Waals surface area contributed by atoms with Gasteiger partial charge in [-0.1, -0.05) is 12.7 Å². The first kappa shape index (κ1) is 16.2. The highest BCUT2D eigenvalue weighted by Gasteiger charge is 2.11. The maximum absolute atomic E-state index is 10.8. The van der Waals surface area contributed by atoms with E-state index < -0.39 is 0 Å². The second-order valence-corrected chi connectivity index (χ2v) is 4.64. The van der Waals surface area contributed by atoms with Crippen molar-refractivity contribution in [2.24, 2.45) is 5.10 Å². The summed E-state index contributed by atoms with van der Waals surface area (Å²) < 4.78 is 11.9. The molecule has 0 spiro atoms. The number of amides is 1. The highest BCUT2D eigenvalue weighted by molar-refractivity contribution is 9.10. The van der Waals surface area contributed by atoms with Crippen LogP contribution in [-0.4, -0.2) is 25.3 Å². The fourth-order valence-corrected chi connectivity index (χ4v) is 1.98. The summed E-state index contributed by atoms with van der Waals surface area (Å²) in [6.45, 7) is 7.80. The summed E-state index contributed by atoms with van der Waals surface area (Å²) in [6, 6.07) is 3.62. The zero-order valence-corrected chi connectivity index (χ0v) is 13.1. The van der Waals surface area contributed by atoms with Gasteiger partial charge in [0, 0.05) is 6.92 Å². The van der Waals surface area contributed by atoms with E-state index in [4.69, 9.17) is 9.47 Å². The van der Waals surface area contributed by atoms with Crippen LogP contribution in [0, 0.1) is 0 Å². The fourth-order valence-electron chi connectivity index (χ4n) is 1.41. The van der Waals surface area contributed by atoms with Gasteiger partial charge in [-0.15, -0.1) is 0 Å². The van der Waals surface area contributed by atoms with Crippen LogP contribution in [0.1, 0.15) is 19.4 Å². The van der Waals surface area contributed by atoms with Gasteiger partial charge in [0.1, 0.15) is 6.61 Å². The van der Waals surface area contributed by atoms with E-state index in [0.29, 0.717) is 24.7 Å². The number of halogens is 1. The third kappa shape index (κ3) is 5.05. The van der Waals surface area contributed by atoms with Gasteiger partial charge in [0.25, 0.3) is 0 Å². The molecule has 1 rings (SSSR count). The van der Waals surface area contributed by atoms with Crippen LogP contribution < -0.4 is 14.9 Å². The van der Waals surface area contributed by atoms with Crippen LogP contribution in [0.2, 0.25) is 0 Å². The lowest BCUT2D eigenvalue weighted by atomic mass is 10.2. The van der Waals surface area contributed by atoms with E-state index in [9.17, 15) is 4.79 Å². The molecule has 1 aromatic rings. The van der Waals surface area contributed by atoms with Gasteiger partial charge in [-0.2, -0.15) is 5.10 Å². The van der Waals surface area contributed by atoms with Crippen molar-refractivity contribution < 1.29 is 14.3 Å². The maximum Gasteiger partial charge on any atom is 0.236 e. The lowest BCUT2D eigenvalue weighted by molar-refractivity contribution is -0.118. The van der Waals surface area contributed by atoms with E-state index in [1.807, 2.05) is 13.0 Å². The number of nitrogens with one attached hydrogen (secondary N) is 1. The van der Waals surface area contributed by atoms with Crippen molar-refractivity contribution in [1.29, 1.82) is 0 Å². The summed E-state index contributed by atoms with van der Waals surface area (Å²) in [6.07, 6.45) is 3.19. The average molecular weight is 341 g/mol. The number of hydrazone groups is 1.